The summed E-state index contributed by atoms with van der Waals surface area (Å²) >= 11 is 1.88. The van der Waals surface area contributed by atoms with Crippen molar-refractivity contribution in [3.63, 3.8) is 0 Å². The highest BCUT2D eigenvalue weighted by atomic mass is 32.2. The van der Waals surface area contributed by atoms with Gasteiger partial charge in [0.05, 0.1) is 11.4 Å². The van der Waals surface area contributed by atoms with E-state index in [2.05, 4.69) is 21.8 Å². The number of amides is 1. The second-order valence-corrected chi connectivity index (χ2v) is 5.26. The Morgan fingerprint density at radius 3 is 2.72 bits per heavy atom. The molecular formula is C12H22N4OS. The number of unbranched alkanes of at least 4 members (excludes halogenated alkanes) is 3. The van der Waals surface area contributed by atoms with Crippen LogP contribution in [0.2, 0.25) is 0 Å². The highest BCUT2D eigenvalue weighted by Gasteiger charge is 2.14. The van der Waals surface area contributed by atoms with Gasteiger partial charge < -0.3 is 11.1 Å². The standard InChI is InChI=1S/C12H22N4OS/c1-9-10(13)11(16-15-9)12(17)14-7-5-3-4-6-8-18-2/h3-8,13H2,1-2H3,(H,14,17)(H,15,16). The van der Waals surface area contributed by atoms with E-state index in [9.17, 15) is 4.79 Å². The molecule has 0 bridgehead atoms. The fraction of sp³-hybridized carbons (Fsp3) is 0.667. The average Bonchev–Trinajstić information content (AvgIpc) is 2.69. The molecule has 0 spiro atoms. The summed E-state index contributed by atoms with van der Waals surface area (Å²) in [5.41, 5.74) is 7.20. The molecule has 0 saturated carbocycles. The number of carbonyl (C=O) groups is 1. The minimum absolute atomic E-state index is 0.194. The van der Waals surface area contributed by atoms with Crippen molar-refractivity contribution in [3.8, 4) is 0 Å². The van der Waals surface area contributed by atoms with Crippen LogP contribution in [0.15, 0.2) is 0 Å². The van der Waals surface area contributed by atoms with Crippen LogP contribution in [0.5, 0.6) is 0 Å². The van der Waals surface area contributed by atoms with Gasteiger partial charge in [0, 0.05) is 6.54 Å². The van der Waals surface area contributed by atoms with Crippen molar-refractivity contribution in [3.05, 3.63) is 11.4 Å². The van der Waals surface area contributed by atoms with Crippen molar-refractivity contribution in [2.45, 2.75) is 32.6 Å². The molecule has 1 aromatic heterocycles. The predicted octanol–water partition coefficient (Wildman–Crippen LogP) is 1.95. The molecule has 1 aromatic rings. The fourth-order valence-corrected chi connectivity index (χ4v) is 2.11. The molecule has 0 unspecified atom stereocenters. The molecule has 1 rings (SSSR count). The van der Waals surface area contributed by atoms with Crippen molar-refractivity contribution in [2.75, 3.05) is 24.3 Å². The van der Waals surface area contributed by atoms with E-state index in [1.165, 1.54) is 18.6 Å². The Labute approximate surface area is 112 Å². The Balaban J connectivity index is 2.16. The number of nitrogens with two attached hydrogens (primary N) is 1. The SMILES string of the molecule is CSCCCCCCNC(=O)c1n[nH]c(C)c1N. The van der Waals surface area contributed by atoms with Gasteiger partial charge in [0.15, 0.2) is 5.69 Å². The van der Waals surface area contributed by atoms with Gasteiger partial charge in [-0.1, -0.05) is 12.8 Å². The number of nitrogens with one attached hydrogen (secondary N) is 2. The molecule has 1 amide bonds. The van der Waals surface area contributed by atoms with Crippen LogP contribution in [0, 0.1) is 6.92 Å². The van der Waals surface area contributed by atoms with Crippen LogP contribution < -0.4 is 11.1 Å². The van der Waals surface area contributed by atoms with Gasteiger partial charge in [0.1, 0.15) is 0 Å². The molecule has 0 saturated heterocycles. The first-order chi connectivity index (χ1) is 8.66. The van der Waals surface area contributed by atoms with Crippen LogP contribution in [0.1, 0.15) is 41.9 Å². The predicted molar refractivity (Wildman–Crippen MR) is 76.9 cm³/mol. The normalized spacial score (nSPS) is 10.6. The molecule has 102 valence electrons. The lowest BCUT2D eigenvalue weighted by molar-refractivity contribution is 0.0949. The van der Waals surface area contributed by atoms with E-state index in [0.717, 1.165) is 18.5 Å². The molecule has 1 heterocycles. The number of carbonyl (C=O) groups excluding carboxylic acids is 1. The largest absolute Gasteiger partial charge is 0.395 e. The van der Waals surface area contributed by atoms with Crippen molar-refractivity contribution in [1.82, 2.24) is 15.5 Å². The van der Waals surface area contributed by atoms with Gasteiger partial charge >= 0.3 is 0 Å². The number of aromatic nitrogens is 2. The van der Waals surface area contributed by atoms with Crippen molar-refractivity contribution in [1.29, 1.82) is 0 Å². The Bertz CT molecular complexity index is 378. The summed E-state index contributed by atoms with van der Waals surface area (Å²) in [7, 11) is 0. The zero-order chi connectivity index (χ0) is 13.4. The zero-order valence-corrected chi connectivity index (χ0v) is 11.9. The van der Waals surface area contributed by atoms with Gasteiger partial charge in [-0.05, 0) is 31.8 Å². The van der Waals surface area contributed by atoms with E-state index in [1.54, 1.807) is 6.92 Å². The van der Waals surface area contributed by atoms with E-state index in [0.29, 0.717) is 17.9 Å². The lowest BCUT2D eigenvalue weighted by Gasteiger charge is -2.03. The van der Waals surface area contributed by atoms with Gasteiger partial charge in [-0.2, -0.15) is 16.9 Å². The minimum atomic E-state index is -0.194. The number of H-pyrrole nitrogens is 1. The molecule has 0 fully saturated rings. The number of anilines is 1. The molecule has 5 nitrogen and oxygen atoms in total. The second-order valence-electron chi connectivity index (χ2n) is 4.27. The lowest BCUT2D eigenvalue weighted by atomic mass is 10.2. The Morgan fingerprint density at radius 2 is 2.11 bits per heavy atom. The van der Waals surface area contributed by atoms with Gasteiger partial charge in [-0.15, -0.1) is 0 Å². The molecule has 0 aromatic carbocycles. The average molecular weight is 270 g/mol. The van der Waals surface area contributed by atoms with Crippen LogP contribution in [0.4, 0.5) is 5.69 Å². The van der Waals surface area contributed by atoms with E-state index < -0.39 is 0 Å². The number of nitrogen functional groups attached to an aromatic ring is 1. The molecule has 0 aliphatic rings. The first-order valence-electron chi connectivity index (χ1n) is 6.24. The summed E-state index contributed by atoms with van der Waals surface area (Å²) in [5.74, 6) is 1.02. The van der Waals surface area contributed by atoms with Crippen molar-refractivity contribution in [2.24, 2.45) is 0 Å². The molecule has 0 atom stereocenters. The van der Waals surface area contributed by atoms with E-state index in [4.69, 9.17) is 5.73 Å². The summed E-state index contributed by atoms with van der Waals surface area (Å²) < 4.78 is 0. The van der Waals surface area contributed by atoms with Crippen LogP contribution in [0.3, 0.4) is 0 Å². The van der Waals surface area contributed by atoms with E-state index >= 15 is 0 Å². The van der Waals surface area contributed by atoms with Crippen molar-refractivity contribution >= 4 is 23.4 Å². The summed E-state index contributed by atoms with van der Waals surface area (Å²) in [6.07, 6.45) is 6.75. The molecular weight excluding hydrogens is 248 g/mol. The maximum absolute atomic E-state index is 11.7. The van der Waals surface area contributed by atoms with Gasteiger partial charge in [-0.25, -0.2) is 0 Å². The highest BCUT2D eigenvalue weighted by molar-refractivity contribution is 7.98. The van der Waals surface area contributed by atoms with E-state index in [-0.39, 0.29) is 5.91 Å². The summed E-state index contributed by atoms with van der Waals surface area (Å²) in [6, 6.07) is 0. The molecule has 0 radical (unpaired) electrons. The van der Waals surface area contributed by atoms with Crippen molar-refractivity contribution < 1.29 is 4.79 Å². The summed E-state index contributed by atoms with van der Waals surface area (Å²) in [5, 5.41) is 9.43. The number of thioether (sulfide) groups is 1. The maximum atomic E-state index is 11.7. The zero-order valence-electron chi connectivity index (χ0n) is 11.1. The monoisotopic (exact) mass is 270 g/mol. The first-order valence-corrected chi connectivity index (χ1v) is 7.63. The third-order valence-electron chi connectivity index (χ3n) is 2.77. The number of nitrogens with zero attached hydrogens (tertiary/aromatic N) is 1. The van der Waals surface area contributed by atoms with Crippen LogP contribution >= 0.6 is 11.8 Å². The first kappa shape index (κ1) is 14.9. The number of aromatic amines is 1. The smallest absolute Gasteiger partial charge is 0.273 e. The lowest BCUT2D eigenvalue weighted by Crippen LogP contribution is -2.25. The van der Waals surface area contributed by atoms with Crippen LogP contribution in [-0.2, 0) is 0 Å². The Hall–Kier alpha value is -1.17. The topological polar surface area (TPSA) is 83.8 Å². The Morgan fingerprint density at radius 1 is 1.39 bits per heavy atom. The van der Waals surface area contributed by atoms with E-state index in [1.807, 2.05) is 11.8 Å². The molecule has 0 aliphatic carbocycles. The maximum Gasteiger partial charge on any atom is 0.273 e. The molecule has 6 heteroatoms. The van der Waals surface area contributed by atoms with Crippen LogP contribution in [0.25, 0.3) is 0 Å². The quantitative estimate of drug-likeness (QED) is 0.630. The molecule has 4 N–H and O–H groups in total. The third-order valence-corrected chi connectivity index (χ3v) is 3.47. The number of aryl methyl sites for hydroxylation is 1. The minimum Gasteiger partial charge on any atom is -0.395 e. The second kappa shape index (κ2) is 8.02. The number of hydrogen-bond acceptors (Lipinski definition) is 4. The molecule has 0 aliphatic heterocycles. The Kier molecular flexibility index (Phi) is 6.64. The van der Waals surface area contributed by atoms with Gasteiger partial charge in [-0.3, -0.25) is 9.89 Å². The fourth-order valence-electron chi connectivity index (χ4n) is 1.62. The highest BCUT2D eigenvalue weighted by Crippen LogP contribution is 2.12. The van der Waals surface area contributed by atoms with Gasteiger partial charge in [0.2, 0.25) is 0 Å². The number of hydrogen-bond donors (Lipinski definition) is 3. The number of rotatable bonds is 8. The molecule has 18 heavy (non-hydrogen) atoms. The van der Waals surface area contributed by atoms with Crippen LogP contribution in [-0.4, -0.2) is 34.7 Å². The summed E-state index contributed by atoms with van der Waals surface area (Å²) in [6.45, 7) is 2.48. The third kappa shape index (κ3) is 4.60. The summed E-state index contributed by atoms with van der Waals surface area (Å²) in [4.78, 5) is 11.7. The van der Waals surface area contributed by atoms with Gasteiger partial charge in [0.25, 0.3) is 5.91 Å².